The number of nitrogens with one attached hydrogen (secondary N) is 2. The van der Waals surface area contributed by atoms with Gasteiger partial charge >= 0.3 is 5.97 Å². The van der Waals surface area contributed by atoms with Crippen LogP contribution >= 0.6 is 23.2 Å². The summed E-state index contributed by atoms with van der Waals surface area (Å²) in [7, 11) is -3.95. The summed E-state index contributed by atoms with van der Waals surface area (Å²) in [6.45, 7) is 0. The Balaban J connectivity index is 1.70. The molecule has 7 nitrogen and oxygen atoms in total. The normalized spacial score (nSPS) is 12.1. The van der Waals surface area contributed by atoms with Crippen LogP contribution in [0.25, 0.3) is 0 Å². The third kappa shape index (κ3) is 6.23. The van der Waals surface area contributed by atoms with Gasteiger partial charge in [-0.05, 0) is 48.0 Å². The molecule has 0 fully saturated rings. The van der Waals surface area contributed by atoms with Crippen LogP contribution in [0.3, 0.4) is 0 Å². The van der Waals surface area contributed by atoms with Crippen molar-refractivity contribution >= 4 is 50.8 Å². The Labute approximate surface area is 195 Å². The lowest BCUT2D eigenvalue weighted by atomic mass is 10.1. The molecule has 3 aromatic carbocycles. The number of amides is 1. The van der Waals surface area contributed by atoms with E-state index >= 15 is 0 Å². The third-order valence-electron chi connectivity index (χ3n) is 4.43. The lowest BCUT2D eigenvalue weighted by Gasteiger charge is -2.15. The molecular formula is C22H18Cl2N2O5S. The zero-order chi connectivity index (χ0) is 23.3. The Morgan fingerprint density at radius 1 is 0.906 bits per heavy atom. The molecule has 1 atom stereocenters. The molecule has 3 N–H and O–H groups in total. The van der Waals surface area contributed by atoms with E-state index in [1.54, 1.807) is 24.3 Å². The molecule has 3 rings (SSSR count). The van der Waals surface area contributed by atoms with Crippen molar-refractivity contribution in [1.29, 1.82) is 0 Å². The summed E-state index contributed by atoms with van der Waals surface area (Å²) in [6, 6.07) is 17.3. The molecule has 10 heteroatoms. The summed E-state index contributed by atoms with van der Waals surface area (Å²) in [5.41, 5.74) is 1.15. The van der Waals surface area contributed by atoms with Gasteiger partial charge in [0.2, 0.25) is 0 Å². The third-order valence-corrected chi connectivity index (χ3v) is 6.23. The van der Waals surface area contributed by atoms with Gasteiger partial charge in [-0.15, -0.1) is 0 Å². The number of carboxylic acid groups (broad SMARTS) is 1. The standard InChI is InChI=1S/C22H18Cl2N2O5S/c23-16-11-17(24)13-19(12-16)32(30,31)26-18-8-6-15(7-9-18)21(27)25-20(22(28)29)10-14-4-2-1-3-5-14/h1-9,11-13,20,26H,10H2,(H,25,27)(H,28,29). The van der Waals surface area contributed by atoms with E-state index < -0.39 is 27.9 Å². The van der Waals surface area contributed by atoms with Crippen LogP contribution in [0.1, 0.15) is 15.9 Å². The number of carbonyl (C=O) groups is 2. The molecule has 32 heavy (non-hydrogen) atoms. The number of carbonyl (C=O) groups excluding carboxylic acids is 1. The van der Waals surface area contributed by atoms with E-state index in [1.165, 1.54) is 42.5 Å². The van der Waals surface area contributed by atoms with Crippen molar-refractivity contribution < 1.29 is 23.1 Å². The molecule has 3 aromatic rings. The molecule has 1 amide bonds. The first kappa shape index (κ1) is 23.6. The fourth-order valence-corrected chi connectivity index (χ4v) is 4.66. The van der Waals surface area contributed by atoms with Crippen LogP contribution in [-0.2, 0) is 21.2 Å². The van der Waals surface area contributed by atoms with Crippen molar-refractivity contribution in [3.63, 3.8) is 0 Å². The summed E-state index contributed by atoms with van der Waals surface area (Å²) in [4.78, 5) is 23.9. The molecule has 0 radical (unpaired) electrons. The topological polar surface area (TPSA) is 113 Å². The van der Waals surface area contributed by atoms with Crippen LogP contribution in [0.15, 0.2) is 77.7 Å². The largest absolute Gasteiger partial charge is 0.480 e. The van der Waals surface area contributed by atoms with E-state index in [2.05, 4.69) is 10.0 Å². The minimum Gasteiger partial charge on any atom is -0.480 e. The monoisotopic (exact) mass is 492 g/mol. The molecule has 0 saturated carbocycles. The summed E-state index contributed by atoms with van der Waals surface area (Å²) in [5.74, 6) is -1.75. The minimum absolute atomic E-state index is 0.109. The number of rotatable bonds is 8. The average molecular weight is 493 g/mol. The number of hydrogen-bond donors (Lipinski definition) is 3. The zero-order valence-electron chi connectivity index (χ0n) is 16.5. The summed E-state index contributed by atoms with van der Waals surface area (Å²) < 4.78 is 27.5. The van der Waals surface area contributed by atoms with Crippen molar-refractivity contribution in [2.75, 3.05) is 4.72 Å². The van der Waals surface area contributed by atoms with Crippen molar-refractivity contribution in [2.45, 2.75) is 17.4 Å². The number of benzene rings is 3. The molecule has 0 aromatic heterocycles. The zero-order valence-corrected chi connectivity index (χ0v) is 18.8. The number of sulfonamides is 1. The number of aliphatic carboxylic acids is 1. The molecule has 0 spiro atoms. The van der Waals surface area contributed by atoms with Gasteiger partial charge in [-0.1, -0.05) is 53.5 Å². The van der Waals surface area contributed by atoms with Crippen molar-refractivity contribution in [2.24, 2.45) is 0 Å². The highest BCUT2D eigenvalue weighted by atomic mass is 35.5. The van der Waals surface area contributed by atoms with E-state index in [1.807, 2.05) is 6.07 Å². The molecular weight excluding hydrogens is 475 g/mol. The van der Waals surface area contributed by atoms with E-state index in [4.69, 9.17) is 23.2 Å². The van der Waals surface area contributed by atoms with Gasteiger partial charge in [0.25, 0.3) is 15.9 Å². The summed E-state index contributed by atoms with van der Waals surface area (Å²) in [5, 5.41) is 12.3. The Hall–Kier alpha value is -3.07. The van der Waals surface area contributed by atoms with Gasteiger partial charge in [-0.2, -0.15) is 0 Å². The predicted molar refractivity (Wildman–Crippen MR) is 123 cm³/mol. The van der Waals surface area contributed by atoms with E-state index in [0.717, 1.165) is 5.56 Å². The van der Waals surface area contributed by atoms with Crippen LogP contribution in [0, 0.1) is 0 Å². The molecule has 0 saturated heterocycles. The molecule has 0 heterocycles. The van der Waals surface area contributed by atoms with Crippen LogP contribution in [0.4, 0.5) is 5.69 Å². The minimum atomic E-state index is -3.95. The average Bonchev–Trinajstić information content (AvgIpc) is 2.73. The number of carboxylic acids is 1. The van der Waals surface area contributed by atoms with Crippen LogP contribution < -0.4 is 10.0 Å². The quantitative estimate of drug-likeness (QED) is 0.435. The van der Waals surface area contributed by atoms with Crippen molar-refractivity contribution in [3.05, 3.63) is 94.0 Å². The lowest BCUT2D eigenvalue weighted by molar-refractivity contribution is -0.139. The second-order valence-corrected chi connectivity index (χ2v) is 9.40. The molecule has 0 aliphatic rings. The highest BCUT2D eigenvalue weighted by Gasteiger charge is 2.21. The van der Waals surface area contributed by atoms with E-state index in [-0.39, 0.29) is 32.6 Å². The SMILES string of the molecule is O=C(NC(Cc1ccccc1)C(=O)O)c1ccc(NS(=O)(=O)c2cc(Cl)cc(Cl)c2)cc1. The molecule has 166 valence electrons. The first-order valence-corrected chi connectivity index (χ1v) is 11.5. The summed E-state index contributed by atoms with van der Waals surface area (Å²) in [6.07, 6.45) is 0.127. The Morgan fingerprint density at radius 3 is 2.06 bits per heavy atom. The van der Waals surface area contributed by atoms with Gasteiger partial charge in [-0.25, -0.2) is 13.2 Å². The van der Waals surface area contributed by atoms with E-state index in [9.17, 15) is 23.1 Å². The van der Waals surface area contributed by atoms with Gasteiger partial charge in [0.1, 0.15) is 6.04 Å². The Kier molecular flexibility index (Phi) is 7.40. The number of hydrogen-bond acceptors (Lipinski definition) is 4. The fraction of sp³-hybridized carbons (Fsp3) is 0.0909. The fourth-order valence-electron chi connectivity index (χ4n) is 2.88. The number of halogens is 2. The first-order chi connectivity index (χ1) is 15.1. The molecule has 0 aliphatic carbocycles. The maximum absolute atomic E-state index is 12.5. The smallest absolute Gasteiger partial charge is 0.326 e. The van der Waals surface area contributed by atoms with Crippen LogP contribution in [0.2, 0.25) is 10.0 Å². The maximum atomic E-state index is 12.5. The number of anilines is 1. The first-order valence-electron chi connectivity index (χ1n) is 9.30. The Morgan fingerprint density at radius 2 is 1.50 bits per heavy atom. The second kappa shape index (κ2) is 10.0. The van der Waals surface area contributed by atoms with Gasteiger partial charge in [-0.3, -0.25) is 9.52 Å². The maximum Gasteiger partial charge on any atom is 0.326 e. The Bertz CT molecular complexity index is 1210. The second-order valence-electron chi connectivity index (χ2n) is 6.84. The van der Waals surface area contributed by atoms with E-state index in [0.29, 0.717) is 0 Å². The highest BCUT2D eigenvalue weighted by Crippen LogP contribution is 2.24. The van der Waals surface area contributed by atoms with Crippen molar-refractivity contribution in [3.8, 4) is 0 Å². The van der Waals surface area contributed by atoms with Crippen LogP contribution in [0.5, 0.6) is 0 Å². The van der Waals surface area contributed by atoms with Gasteiger partial charge in [0.15, 0.2) is 0 Å². The molecule has 0 bridgehead atoms. The van der Waals surface area contributed by atoms with Crippen molar-refractivity contribution in [1.82, 2.24) is 5.32 Å². The van der Waals surface area contributed by atoms with Gasteiger partial charge < -0.3 is 10.4 Å². The lowest BCUT2D eigenvalue weighted by Crippen LogP contribution is -2.42. The van der Waals surface area contributed by atoms with Crippen LogP contribution in [-0.4, -0.2) is 31.4 Å². The van der Waals surface area contributed by atoms with Gasteiger partial charge in [0, 0.05) is 27.7 Å². The highest BCUT2D eigenvalue weighted by molar-refractivity contribution is 7.92. The molecule has 0 aliphatic heterocycles. The molecule has 1 unspecified atom stereocenters. The predicted octanol–water partition coefficient (Wildman–Crippen LogP) is 4.22. The van der Waals surface area contributed by atoms with Gasteiger partial charge in [0.05, 0.1) is 4.90 Å². The summed E-state index contributed by atoms with van der Waals surface area (Å²) >= 11 is 11.7.